The fraction of sp³-hybridized carbons (Fsp3) is 1.00. The van der Waals surface area contributed by atoms with Crippen LogP contribution in [0.5, 0.6) is 0 Å². The Balaban J connectivity index is 2.09. The van der Waals surface area contributed by atoms with Crippen molar-refractivity contribution in [3.05, 3.63) is 0 Å². The molecule has 0 aromatic rings. The van der Waals surface area contributed by atoms with Gasteiger partial charge in [-0.05, 0) is 0 Å². The van der Waals surface area contributed by atoms with Gasteiger partial charge in [0, 0.05) is 0 Å². The molecule has 3 saturated heterocycles. The number of ether oxygens (including phenoxy) is 4. The molecule has 0 radical (unpaired) electrons. The van der Waals surface area contributed by atoms with Crippen molar-refractivity contribution in [2.75, 3.05) is 13.2 Å². The van der Waals surface area contributed by atoms with E-state index in [2.05, 4.69) is 18.9 Å². The molecule has 0 bridgehead atoms. The van der Waals surface area contributed by atoms with Crippen LogP contribution in [0.4, 0.5) is 35.1 Å². The van der Waals surface area contributed by atoms with Gasteiger partial charge in [-0.25, -0.2) is 8.78 Å². The van der Waals surface area contributed by atoms with E-state index in [4.69, 9.17) is 0 Å². The predicted octanol–water partition coefficient (Wildman–Crippen LogP) is 1.98. The second-order valence-corrected chi connectivity index (χ2v) is 4.75. The Labute approximate surface area is 110 Å². The van der Waals surface area contributed by atoms with E-state index in [0.29, 0.717) is 0 Å². The van der Waals surface area contributed by atoms with E-state index >= 15 is 0 Å². The van der Waals surface area contributed by atoms with E-state index in [1.165, 1.54) is 0 Å². The van der Waals surface area contributed by atoms with Crippen molar-refractivity contribution in [3.8, 4) is 0 Å². The quantitative estimate of drug-likeness (QED) is 0.574. The second-order valence-electron chi connectivity index (χ2n) is 4.75. The van der Waals surface area contributed by atoms with Crippen LogP contribution in [-0.4, -0.2) is 55.3 Å². The van der Waals surface area contributed by atoms with Gasteiger partial charge in [0.15, 0.2) is 0 Å². The summed E-state index contributed by atoms with van der Waals surface area (Å²) >= 11 is 0. The van der Waals surface area contributed by atoms with Crippen molar-refractivity contribution in [1.82, 2.24) is 0 Å². The largest absolute Gasteiger partial charge is 0.453 e. The van der Waals surface area contributed by atoms with Gasteiger partial charge in [0.05, 0.1) is 13.2 Å². The molecule has 0 amide bonds. The average Bonchev–Trinajstić information content (AvgIpc) is 3.14. The number of halogens is 8. The fourth-order valence-electron chi connectivity index (χ4n) is 2.07. The van der Waals surface area contributed by atoms with Crippen molar-refractivity contribution in [2.45, 2.75) is 42.1 Å². The van der Waals surface area contributed by atoms with E-state index in [-0.39, 0.29) is 0 Å². The van der Waals surface area contributed by atoms with Crippen molar-refractivity contribution < 1.29 is 54.1 Å². The zero-order chi connectivity index (χ0) is 15.9. The molecule has 3 aliphatic rings. The van der Waals surface area contributed by atoms with Crippen LogP contribution in [-0.2, 0) is 18.9 Å². The average molecular weight is 330 g/mol. The van der Waals surface area contributed by atoms with Gasteiger partial charge in [-0.1, -0.05) is 0 Å². The first-order chi connectivity index (χ1) is 9.37. The second kappa shape index (κ2) is 3.78. The minimum Gasteiger partial charge on any atom is -0.367 e. The third-order valence-corrected chi connectivity index (χ3v) is 3.29. The highest BCUT2D eigenvalue weighted by Crippen LogP contribution is 2.63. The van der Waals surface area contributed by atoms with Crippen LogP contribution in [0, 0.1) is 0 Å². The number of epoxide rings is 2. The van der Waals surface area contributed by atoms with Crippen LogP contribution in [0.1, 0.15) is 0 Å². The molecule has 4 nitrogen and oxygen atoms in total. The summed E-state index contributed by atoms with van der Waals surface area (Å²) in [6.45, 7) is -1.21. The van der Waals surface area contributed by atoms with Gasteiger partial charge in [-0.3, -0.25) is 9.47 Å². The SMILES string of the molecule is FC(F)(F)C1(C(F)(F)F)OC(F)(C2CO2)C(F)(C2CO2)O1. The smallest absolute Gasteiger partial charge is 0.367 e. The molecule has 4 unspecified atom stereocenters. The Morgan fingerprint density at radius 3 is 1.19 bits per heavy atom. The normalized spacial score (nSPS) is 45.7. The molecule has 0 saturated carbocycles. The van der Waals surface area contributed by atoms with E-state index in [9.17, 15) is 35.1 Å². The van der Waals surface area contributed by atoms with Gasteiger partial charge < -0.3 is 9.47 Å². The molecule has 0 aliphatic carbocycles. The lowest BCUT2D eigenvalue weighted by molar-refractivity contribution is -0.459. The van der Waals surface area contributed by atoms with Gasteiger partial charge in [0.1, 0.15) is 12.2 Å². The predicted molar refractivity (Wildman–Crippen MR) is 44.2 cm³/mol. The molecule has 3 heterocycles. The molecule has 0 aromatic heterocycles. The molecule has 0 aromatic carbocycles. The monoisotopic (exact) mass is 330 g/mol. The Morgan fingerprint density at radius 1 is 0.714 bits per heavy atom. The van der Waals surface area contributed by atoms with Gasteiger partial charge in [-0.2, -0.15) is 26.3 Å². The van der Waals surface area contributed by atoms with Crippen LogP contribution in [0.2, 0.25) is 0 Å². The number of rotatable bonds is 2. The Bertz CT molecular complexity index is 414. The zero-order valence-electron chi connectivity index (χ0n) is 9.73. The molecule has 122 valence electrons. The summed E-state index contributed by atoms with van der Waals surface area (Å²) in [6.07, 6.45) is -16.4. The molecular weight excluding hydrogens is 324 g/mol. The highest BCUT2D eigenvalue weighted by molar-refractivity contribution is 5.13. The Hall–Kier alpha value is -0.720. The standard InChI is InChI=1S/C9H6F8O4/c10-5(3-1-18-3)6(11,4-2-19-4)21-7(20-5,8(12,13)14)9(15,16)17/h3-4H,1-2H2. The highest BCUT2D eigenvalue weighted by atomic mass is 19.4. The summed E-state index contributed by atoms with van der Waals surface area (Å²) in [4.78, 5) is 0. The third-order valence-electron chi connectivity index (χ3n) is 3.29. The first kappa shape index (κ1) is 15.2. The number of hydrogen-bond acceptors (Lipinski definition) is 4. The van der Waals surface area contributed by atoms with Gasteiger partial charge in [-0.15, -0.1) is 0 Å². The summed E-state index contributed by atoms with van der Waals surface area (Å²) in [6, 6.07) is 0. The molecular formula is C9H6F8O4. The lowest BCUT2D eigenvalue weighted by atomic mass is 10.0. The molecule has 21 heavy (non-hydrogen) atoms. The van der Waals surface area contributed by atoms with E-state index < -0.39 is 55.3 Å². The zero-order valence-corrected chi connectivity index (χ0v) is 9.73. The minimum absolute atomic E-state index is 0.607. The fourth-order valence-corrected chi connectivity index (χ4v) is 2.07. The van der Waals surface area contributed by atoms with Crippen molar-refractivity contribution in [3.63, 3.8) is 0 Å². The third kappa shape index (κ3) is 1.82. The first-order valence-corrected chi connectivity index (χ1v) is 5.52. The van der Waals surface area contributed by atoms with Crippen molar-refractivity contribution in [1.29, 1.82) is 0 Å². The maximum Gasteiger partial charge on any atom is 0.453 e. The molecule has 0 N–H and O–H groups in total. The summed E-state index contributed by atoms with van der Waals surface area (Å²) < 4.78 is 121. The number of alkyl halides is 8. The lowest BCUT2D eigenvalue weighted by Crippen LogP contribution is -2.59. The molecule has 4 atom stereocenters. The van der Waals surface area contributed by atoms with Crippen LogP contribution in [0.15, 0.2) is 0 Å². The van der Waals surface area contributed by atoms with E-state index in [1.807, 2.05) is 0 Å². The van der Waals surface area contributed by atoms with Crippen molar-refractivity contribution in [2.24, 2.45) is 0 Å². The topological polar surface area (TPSA) is 43.5 Å². The maximum atomic E-state index is 14.5. The lowest BCUT2D eigenvalue weighted by Gasteiger charge is -2.31. The molecule has 12 heteroatoms. The molecule has 0 spiro atoms. The van der Waals surface area contributed by atoms with E-state index in [1.54, 1.807) is 0 Å². The molecule has 3 aliphatic heterocycles. The van der Waals surface area contributed by atoms with Crippen LogP contribution < -0.4 is 0 Å². The van der Waals surface area contributed by atoms with Crippen LogP contribution in [0.25, 0.3) is 0 Å². The first-order valence-electron chi connectivity index (χ1n) is 5.52. The summed E-state index contributed by atoms with van der Waals surface area (Å²) in [5.74, 6) is -13.6. The minimum atomic E-state index is -6.26. The van der Waals surface area contributed by atoms with Crippen LogP contribution in [0.3, 0.4) is 0 Å². The molecule has 3 rings (SSSR count). The van der Waals surface area contributed by atoms with E-state index in [0.717, 1.165) is 0 Å². The summed E-state index contributed by atoms with van der Waals surface area (Å²) in [7, 11) is 0. The summed E-state index contributed by atoms with van der Waals surface area (Å²) in [5, 5.41) is 0. The van der Waals surface area contributed by atoms with Crippen molar-refractivity contribution >= 4 is 0 Å². The Kier molecular flexibility index (Phi) is 2.73. The molecule has 3 fully saturated rings. The van der Waals surface area contributed by atoms with Gasteiger partial charge in [0.2, 0.25) is 0 Å². The summed E-state index contributed by atoms with van der Waals surface area (Å²) in [5.41, 5.74) is 0. The maximum absolute atomic E-state index is 14.5. The number of hydrogen-bond donors (Lipinski definition) is 0. The van der Waals surface area contributed by atoms with Gasteiger partial charge in [0.25, 0.3) is 0 Å². The van der Waals surface area contributed by atoms with Gasteiger partial charge >= 0.3 is 29.8 Å². The van der Waals surface area contributed by atoms with Crippen LogP contribution >= 0.6 is 0 Å². The Morgan fingerprint density at radius 2 is 1.00 bits per heavy atom. The highest BCUT2D eigenvalue weighted by Gasteiger charge is 2.90.